The van der Waals surface area contributed by atoms with Crippen molar-refractivity contribution in [1.29, 1.82) is 0 Å². The van der Waals surface area contributed by atoms with Gasteiger partial charge >= 0.3 is 6.09 Å². The zero-order valence-corrected chi connectivity index (χ0v) is 18.7. The largest absolute Gasteiger partial charge is 0.445 e. The highest BCUT2D eigenvalue weighted by Crippen LogP contribution is 2.26. The van der Waals surface area contributed by atoms with Gasteiger partial charge in [-0.25, -0.2) is 13.2 Å². The summed E-state index contributed by atoms with van der Waals surface area (Å²) in [4.78, 5) is 35.9. The zero-order chi connectivity index (χ0) is 24.2. The fourth-order valence-electron chi connectivity index (χ4n) is 3.74. The molecule has 0 saturated carbocycles. The van der Waals surface area contributed by atoms with E-state index in [0.29, 0.717) is 0 Å². The molecule has 0 bridgehead atoms. The monoisotopic (exact) mass is 476 g/mol. The molecule has 2 N–H and O–H groups in total. The number of sulfonamides is 1. The maximum atomic E-state index is 13.1. The van der Waals surface area contributed by atoms with E-state index in [1.807, 2.05) is 18.2 Å². The summed E-state index contributed by atoms with van der Waals surface area (Å²) in [7, 11) is -4.03. The molecule has 1 fully saturated rings. The number of ether oxygens (including phenoxy) is 1. The molecule has 3 rings (SSSR count). The Morgan fingerprint density at radius 2 is 1.76 bits per heavy atom. The lowest BCUT2D eigenvalue weighted by molar-refractivity contribution is -0.384. The number of nitrogens with two attached hydrogens (primary N) is 1. The number of primary amides is 1. The molecule has 1 aliphatic rings. The van der Waals surface area contributed by atoms with Crippen molar-refractivity contribution in [2.45, 2.75) is 36.9 Å². The molecule has 0 radical (unpaired) electrons. The Bertz CT molecular complexity index is 1120. The van der Waals surface area contributed by atoms with E-state index in [1.165, 1.54) is 4.90 Å². The van der Waals surface area contributed by atoms with E-state index in [4.69, 9.17) is 10.5 Å². The van der Waals surface area contributed by atoms with E-state index in [1.54, 1.807) is 19.1 Å². The van der Waals surface area contributed by atoms with E-state index >= 15 is 0 Å². The number of piperazine rings is 1. The Morgan fingerprint density at radius 1 is 1.12 bits per heavy atom. The summed E-state index contributed by atoms with van der Waals surface area (Å²) in [6.07, 6.45) is -0.929. The van der Waals surface area contributed by atoms with Crippen molar-refractivity contribution in [2.24, 2.45) is 5.73 Å². The minimum atomic E-state index is -4.03. The molecule has 0 spiro atoms. The highest BCUT2D eigenvalue weighted by atomic mass is 32.2. The molecule has 2 atom stereocenters. The SMILES string of the molecule is C[C@H]1CN(S(=O)(=O)c2ccc([N+](=O)[O-])cc2)C[C@H](CC(N)=O)N1C(=O)OCc1ccccc1. The number of nitro benzene ring substituents is 1. The topological polar surface area (TPSA) is 153 Å². The van der Waals surface area contributed by atoms with Gasteiger partial charge in [0.05, 0.1) is 15.9 Å². The van der Waals surface area contributed by atoms with Gasteiger partial charge in [0.25, 0.3) is 5.69 Å². The van der Waals surface area contributed by atoms with E-state index < -0.39 is 39.0 Å². The number of nitro groups is 1. The maximum absolute atomic E-state index is 13.1. The molecule has 0 aromatic heterocycles. The molecule has 2 amide bonds. The second-order valence-electron chi connectivity index (χ2n) is 7.69. The van der Waals surface area contributed by atoms with E-state index in [-0.39, 0.29) is 36.7 Å². The maximum Gasteiger partial charge on any atom is 0.410 e. The second kappa shape index (κ2) is 9.96. The Balaban J connectivity index is 1.79. The Hall–Kier alpha value is -3.51. The van der Waals surface area contributed by atoms with Crippen LogP contribution in [0.2, 0.25) is 0 Å². The molecule has 1 aliphatic heterocycles. The number of amides is 2. The van der Waals surface area contributed by atoms with E-state index in [2.05, 4.69) is 0 Å². The van der Waals surface area contributed by atoms with Crippen LogP contribution in [0.25, 0.3) is 0 Å². The molecule has 2 aromatic rings. The van der Waals surface area contributed by atoms with Gasteiger partial charge in [0, 0.05) is 37.7 Å². The number of nitrogens with zero attached hydrogens (tertiary/aromatic N) is 3. The van der Waals surface area contributed by atoms with Crippen molar-refractivity contribution >= 4 is 27.7 Å². The van der Waals surface area contributed by atoms with Crippen LogP contribution in [0, 0.1) is 10.1 Å². The minimum absolute atomic E-state index is 0.0248. The number of non-ortho nitro benzene ring substituents is 1. The quantitative estimate of drug-likeness (QED) is 0.473. The van der Waals surface area contributed by atoms with Gasteiger partial charge in [-0.1, -0.05) is 30.3 Å². The molecule has 12 heteroatoms. The normalized spacial score (nSPS) is 19.1. The van der Waals surface area contributed by atoms with Crippen molar-refractivity contribution in [3.8, 4) is 0 Å². The predicted molar refractivity (Wildman–Crippen MR) is 117 cm³/mol. The average molecular weight is 477 g/mol. The van der Waals surface area contributed by atoms with Gasteiger partial charge in [0.1, 0.15) is 6.61 Å². The summed E-state index contributed by atoms with van der Waals surface area (Å²) < 4.78 is 32.8. The van der Waals surface area contributed by atoms with Crippen molar-refractivity contribution in [1.82, 2.24) is 9.21 Å². The number of carbonyl (C=O) groups is 2. The summed E-state index contributed by atoms with van der Waals surface area (Å²) >= 11 is 0. The lowest BCUT2D eigenvalue weighted by Gasteiger charge is -2.43. The van der Waals surface area contributed by atoms with E-state index in [0.717, 1.165) is 34.1 Å². The van der Waals surface area contributed by atoms with Crippen molar-refractivity contribution in [3.05, 3.63) is 70.3 Å². The third-order valence-electron chi connectivity index (χ3n) is 5.29. The van der Waals surface area contributed by atoms with Crippen molar-refractivity contribution in [2.75, 3.05) is 13.1 Å². The fourth-order valence-corrected chi connectivity index (χ4v) is 5.30. The van der Waals surface area contributed by atoms with Crippen LogP contribution in [0.5, 0.6) is 0 Å². The number of rotatable bonds is 7. The van der Waals surface area contributed by atoms with Crippen LogP contribution in [0.4, 0.5) is 10.5 Å². The first kappa shape index (κ1) is 24.1. The fraction of sp³-hybridized carbons (Fsp3) is 0.333. The Morgan fingerprint density at radius 3 is 2.33 bits per heavy atom. The lowest BCUT2D eigenvalue weighted by atomic mass is 10.1. The van der Waals surface area contributed by atoms with Gasteiger partial charge in [0.15, 0.2) is 0 Å². The first-order valence-electron chi connectivity index (χ1n) is 10.1. The molecule has 0 unspecified atom stereocenters. The Kier molecular flexibility index (Phi) is 7.29. The van der Waals surface area contributed by atoms with Gasteiger partial charge in [-0.05, 0) is 24.6 Å². The molecule has 176 valence electrons. The molecule has 2 aromatic carbocycles. The summed E-state index contributed by atoms with van der Waals surface area (Å²) in [5.74, 6) is -0.692. The van der Waals surface area contributed by atoms with Gasteiger partial charge in [-0.2, -0.15) is 4.31 Å². The number of hydrogen-bond donors (Lipinski definition) is 1. The number of carbonyl (C=O) groups excluding carboxylic acids is 2. The molecule has 11 nitrogen and oxygen atoms in total. The third-order valence-corrected chi connectivity index (χ3v) is 7.13. The molecule has 33 heavy (non-hydrogen) atoms. The smallest absolute Gasteiger partial charge is 0.410 e. The van der Waals surface area contributed by atoms with Crippen LogP contribution in [0.15, 0.2) is 59.5 Å². The van der Waals surface area contributed by atoms with Gasteiger partial charge in [-0.3, -0.25) is 19.8 Å². The lowest BCUT2D eigenvalue weighted by Crippen LogP contribution is -2.61. The van der Waals surface area contributed by atoms with Crippen LogP contribution >= 0.6 is 0 Å². The molecular formula is C21H24N4O7S. The second-order valence-corrected chi connectivity index (χ2v) is 9.63. The van der Waals surface area contributed by atoms with Crippen LogP contribution in [-0.2, 0) is 26.2 Å². The van der Waals surface area contributed by atoms with Gasteiger partial charge < -0.3 is 10.5 Å². The highest BCUT2D eigenvalue weighted by molar-refractivity contribution is 7.89. The number of hydrogen-bond acceptors (Lipinski definition) is 7. The van der Waals surface area contributed by atoms with Crippen molar-refractivity contribution < 1.29 is 27.7 Å². The van der Waals surface area contributed by atoms with Crippen LogP contribution in [0.3, 0.4) is 0 Å². The first-order chi connectivity index (χ1) is 15.6. The average Bonchev–Trinajstić information content (AvgIpc) is 2.77. The minimum Gasteiger partial charge on any atom is -0.445 e. The van der Waals surface area contributed by atoms with Gasteiger partial charge in [-0.15, -0.1) is 0 Å². The standard InChI is InChI=1S/C21H24N4O7S/c1-15-12-23(33(30,31)19-9-7-17(8-10-19)25(28)29)13-18(11-20(22)26)24(15)21(27)32-14-16-5-3-2-4-6-16/h2-10,15,18H,11-14H2,1H3,(H2,22,26)/t15-,18-/m0/s1. The Labute approximate surface area is 190 Å². The zero-order valence-electron chi connectivity index (χ0n) is 17.9. The summed E-state index contributed by atoms with van der Waals surface area (Å²) in [6.45, 7) is 1.45. The molecular weight excluding hydrogens is 452 g/mol. The summed E-state index contributed by atoms with van der Waals surface area (Å²) in [6, 6.07) is 12.1. The first-order valence-corrected chi connectivity index (χ1v) is 11.6. The van der Waals surface area contributed by atoms with Gasteiger partial charge in [0.2, 0.25) is 15.9 Å². The van der Waals surface area contributed by atoms with Crippen molar-refractivity contribution in [3.63, 3.8) is 0 Å². The van der Waals surface area contributed by atoms with E-state index in [9.17, 15) is 28.1 Å². The van der Waals surface area contributed by atoms with Crippen LogP contribution in [0.1, 0.15) is 18.9 Å². The molecule has 1 heterocycles. The molecule has 1 saturated heterocycles. The highest BCUT2D eigenvalue weighted by Gasteiger charge is 2.41. The van der Waals surface area contributed by atoms with Crippen LogP contribution in [-0.4, -0.2) is 59.7 Å². The summed E-state index contributed by atoms with van der Waals surface area (Å²) in [5.41, 5.74) is 5.90. The molecule has 0 aliphatic carbocycles. The third kappa shape index (κ3) is 5.65. The predicted octanol–water partition coefficient (Wildman–Crippen LogP) is 1.87. The summed E-state index contributed by atoms with van der Waals surface area (Å²) in [5, 5.41) is 10.8. The van der Waals surface area contributed by atoms with Crippen LogP contribution < -0.4 is 5.73 Å². The number of benzene rings is 2.